The molecule has 2 nitrogen and oxygen atoms in total. The molecule has 0 radical (unpaired) electrons. The highest BCUT2D eigenvalue weighted by Gasteiger charge is 2.23. The molecule has 0 amide bonds. The maximum absolute atomic E-state index is 10.2. The van der Waals surface area contributed by atoms with E-state index in [1.54, 1.807) is 0 Å². The third kappa shape index (κ3) is 1.81. The van der Waals surface area contributed by atoms with E-state index in [4.69, 9.17) is 4.74 Å². The molecule has 0 aromatic rings. The van der Waals surface area contributed by atoms with Crippen LogP contribution in [0.15, 0.2) is 0 Å². The van der Waals surface area contributed by atoms with E-state index in [2.05, 4.69) is 6.92 Å². The van der Waals surface area contributed by atoms with Crippen molar-refractivity contribution in [3.8, 4) is 0 Å². The molecule has 0 aromatic carbocycles. The van der Waals surface area contributed by atoms with E-state index in [-0.39, 0.29) is 6.10 Å². The summed E-state index contributed by atoms with van der Waals surface area (Å²) < 4.78 is 5.20. The third-order valence-electron chi connectivity index (χ3n) is 1.96. The molecule has 1 heterocycles. The molecule has 1 saturated heterocycles. The van der Waals surface area contributed by atoms with Crippen molar-refractivity contribution in [3.63, 3.8) is 0 Å². The van der Waals surface area contributed by atoms with Crippen LogP contribution < -0.4 is 0 Å². The van der Waals surface area contributed by atoms with E-state index < -0.39 is 0 Å². The molecule has 2 heteroatoms. The highest BCUT2D eigenvalue weighted by Crippen LogP contribution is 2.21. The van der Waals surface area contributed by atoms with E-state index in [0.717, 1.165) is 19.3 Å². The van der Waals surface area contributed by atoms with E-state index >= 15 is 0 Å². The molecule has 1 fully saturated rings. The Hall–Kier alpha value is -0.370. The van der Waals surface area contributed by atoms with Crippen molar-refractivity contribution in [3.05, 3.63) is 0 Å². The van der Waals surface area contributed by atoms with Crippen LogP contribution in [-0.2, 0) is 9.53 Å². The summed E-state index contributed by atoms with van der Waals surface area (Å²) in [4.78, 5) is 10.2. The number of ether oxygens (including phenoxy) is 1. The van der Waals surface area contributed by atoms with Gasteiger partial charge in [0, 0.05) is 0 Å². The molecule has 0 aromatic heterocycles. The predicted molar refractivity (Wildman–Crippen MR) is 38.8 cm³/mol. The van der Waals surface area contributed by atoms with Gasteiger partial charge in [0.25, 0.3) is 0 Å². The van der Waals surface area contributed by atoms with Gasteiger partial charge in [0.1, 0.15) is 12.4 Å². The molecular formula is C8H14O2. The van der Waals surface area contributed by atoms with Crippen LogP contribution in [0.2, 0.25) is 0 Å². The molecule has 0 spiro atoms. The standard InChI is InChI=1S/C8H14O2/c1-2-3-7-4-8(5-9)10-6-7/h5,7-8H,2-4,6H2,1H3/t7-,8?/m1/s1. The summed E-state index contributed by atoms with van der Waals surface area (Å²) >= 11 is 0. The SMILES string of the molecule is CCC[C@H]1COC(C=O)C1. The maximum atomic E-state index is 10.2. The number of carbonyl (C=O) groups is 1. The lowest BCUT2D eigenvalue weighted by Gasteiger charge is -2.01. The Labute approximate surface area is 61.6 Å². The largest absolute Gasteiger partial charge is 0.370 e. The van der Waals surface area contributed by atoms with Crippen LogP contribution >= 0.6 is 0 Å². The van der Waals surface area contributed by atoms with Gasteiger partial charge in [-0.15, -0.1) is 0 Å². The molecule has 0 aliphatic carbocycles. The highest BCUT2D eigenvalue weighted by molar-refractivity contribution is 5.56. The lowest BCUT2D eigenvalue weighted by Crippen LogP contribution is -2.05. The van der Waals surface area contributed by atoms with Gasteiger partial charge < -0.3 is 9.53 Å². The quantitative estimate of drug-likeness (QED) is 0.556. The molecule has 2 atom stereocenters. The van der Waals surface area contributed by atoms with Gasteiger partial charge in [0.05, 0.1) is 6.61 Å². The second-order valence-electron chi connectivity index (χ2n) is 2.90. The van der Waals surface area contributed by atoms with Crippen LogP contribution in [0.4, 0.5) is 0 Å². The zero-order valence-electron chi connectivity index (χ0n) is 6.38. The van der Waals surface area contributed by atoms with Gasteiger partial charge in [-0.25, -0.2) is 0 Å². The van der Waals surface area contributed by atoms with E-state index in [0.29, 0.717) is 5.92 Å². The van der Waals surface area contributed by atoms with Crippen LogP contribution in [-0.4, -0.2) is 19.0 Å². The average molecular weight is 142 g/mol. The van der Waals surface area contributed by atoms with Crippen molar-refractivity contribution in [2.75, 3.05) is 6.61 Å². The zero-order chi connectivity index (χ0) is 7.40. The van der Waals surface area contributed by atoms with Crippen molar-refractivity contribution in [1.82, 2.24) is 0 Å². The molecule has 0 N–H and O–H groups in total. The van der Waals surface area contributed by atoms with E-state index in [1.165, 1.54) is 12.8 Å². The summed E-state index contributed by atoms with van der Waals surface area (Å²) in [5, 5.41) is 0. The number of aldehydes is 1. The smallest absolute Gasteiger partial charge is 0.148 e. The van der Waals surface area contributed by atoms with Gasteiger partial charge in [0.15, 0.2) is 0 Å². The monoisotopic (exact) mass is 142 g/mol. The summed E-state index contributed by atoms with van der Waals surface area (Å²) in [6, 6.07) is 0. The Morgan fingerprint density at radius 2 is 2.50 bits per heavy atom. The lowest BCUT2D eigenvalue weighted by atomic mass is 10.0. The van der Waals surface area contributed by atoms with Crippen molar-refractivity contribution in [2.24, 2.45) is 5.92 Å². The van der Waals surface area contributed by atoms with Crippen molar-refractivity contribution in [1.29, 1.82) is 0 Å². The van der Waals surface area contributed by atoms with E-state index in [1.807, 2.05) is 0 Å². The Balaban J connectivity index is 2.21. The minimum Gasteiger partial charge on any atom is -0.370 e. The van der Waals surface area contributed by atoms with Crippen LogP contribution in [0.25, 0.3) is 0 Å². The number of hydrogen-bond donors (Lipinski definition) is 0. The first-order valence-electron chi connectivity index (χ1n) is 3.93. The molecule has 1 aliphatic heterocycles. The van der Waals surface area contributed by atoms with Gasteiger partial charge in [-0.3, -0.25) is 0 Å². The second kappa shape index (κ2) is 3.71. The summed E-state index contributed by atoms with van der Waals surface area (Å²) in [5.74, 6) is 0.639. The van der Waals surface area contributed by atoms with Crippen molar-refractivity contribution in [2.45, 2.75) is 32.3 Å². The summed E-state index contributed by atoms with van der Waals surface area (Å²) in [6.07, 6.45) is 4.15. The maximum Gasteiger partial charge on any atom is 0.148 e. The third-order valence-corrected chi connectivity index (χ3v) is 1.96. The first kappa shape index (κ1) is 7.73. The van der Waals surface area contributed by atoms with Gasteiger partial charge in [-0.2, -0.15) is 0 Å². The fraction of sp³-hybridized carbons (Fsp3) is 0.875. The van der Waals surface area contributed by atoms with Crippen molar-refractivity contribution < 1.29 is 9.53 Å². The molecule has 10 heavy (non-hydrogen) atoms. The van der Waals surface area contributed by atoms with Crippen molar-refractivity contribution >= 4 is 6.29 Å². The van der Waals surface area contributed by atoms with Crippen LogP contribution in [0.5, 0.6) is 0 Å². The number of carbonyl (C=O) groups excluding carboxylic acids is 1. The fourth-order valence-electron chi connectivity index (χ4n) is 1.43. The molecule has 1 aliphatic rings. The van der Waals surface area contributed by atoms with Gasteiger partial charge >= 0.3 is 0 Å². The Kier molecular flexibility index (Phi) is 2.87. The van der Waals surface area contributed by atoms with Gasteiger partial charge in [-0.05, 0) is 18.8 Å². The molecule has 58 valence electrons. The number of rotatable bonds is 3. The summed E-state index contributed by atoms with van der Waals surface area (Å²) in [6.45, 7) is 2.95. The summed E-state index contributed by atoms with van der Waals surface area (Å²) in [7, 11) is 0. The topological polar surface area (TPSA) is 26.3 Å². The molecular weight excluding hydrogens is 128 g/mol. The van der Waals surface area contributed by atoms with Crippen LogP contribution in [0.1, 0.15) is 26.2 Å². The first-order chi connectivity index (χ1) is 4.86. The van der Waals surface area contributed by atoms with E-state index in [9.17, 15) is 4.79 Å². The Morgan fingerprint density at radius 1 is 1.70 bits per heavy atom. The zero-order valence-corrected chi connectivity index (χ0v) is 6.38. The lowest BCUT2D eigenvalue weighted by molar-refractivity contribution is -0.115. The normalized spacial score (nSPS) is 32.5. The minimum atomic E-state index is -0.100. The highest BCUT2D eigenvalue weighted by atomic mass is 16.5. The molecule has 1 unspecified atom stereocenters. The molecule has 0 saturated carbocycles. The fourth-order valence-corrected chi connectivity index (χ4v) is 1.43. The van der Waals surface area contributed by atoms with Crippen LogP contribution in [0, 0.1) is 5.92 Å². The molecule has 0 bridgehead atoms. The Morgan fingerprint density at radius 3 is 3.00 bits per heavy atom. The second-order valence-corrected chi connectivity index (χ2v) is 2.90. The molecule has 1 rings (SSSR count). The van der Waals surface area contributed by atoms with Gasteiger partial charge in [-0.1, -0.05) is 13.3 Å². The van der Waals surface area contributed by atoms with Crippen LogP contribution in [0.3, 0.4) is 0 Å². The predicted octanol–water partition coefficient (Wildman–Crippen LogP) is 1.39. The van der Waals surface area contributed by atoms with Gasteiger partial charge in [0.2, 0.25) is 0 Å². The minimum absolute atomic E-state index is 0.100. The number of hydrogen-bond acceptors (Lipinski definition) is 2. The summed E-state index contributed by atoms with van der Waals surface area (Å²) in [5.41, 5.74) is 0. The average Bonchev–Trinajstić information content (AvgIpc) is 2.37. The first-order valence-corrected chi connectivity index (χ1v) is 3.93. The Bertz CT molecular complexity index is 112.